The molecule has 0 radical (unpaired) electrons. The molecule has 86 valence electrons. The molecule has 4 heteroatoms. The maximum absolute atomic E-state index is 11.7. The Morgan fingerprint density at radius 2 is 2.12 bits per heavy atom. The maximum Gasteiger partial charge on any atom is 0.278 e. The molecule has 0 spiro atoms. The van der Waals surface area contributed by atoms with Crippen molar-refractivity contribution in [2.24, 2.45) is 4.99 Å². The molecule has 1 amide bonds. The minimum absolute atomic E-state index is 0.242. The Morgan fingerprint density at radius 3 is 2.62 bits per heavy atom. The van der Waals surface area contributed by atoms with Crippen LogP contribution in [0, 0.1) is 6.92 Å². The fourth-order valence-electron chi connectivity index (χ4n) is 1.24. The number of hydrogen-bond donors (Lipinski definition) is 0. The van der Waals surface area contributed by atoms with E-state index in [0.29, 0.717) is 5.56 Å². The summed E-state index contributed by atoms with van der Waals surface area (Å²) in [5, 5.41) is 0. The summed E-state index contributed by atoms with van der Waals surface area (Å²) in [5.74, 6) is 0.500. The summed E-state index contributed by atoms with van der Waals surface area (Å²) in [4.78, 5) is 17.3. The number of carbonyl (C=O) groups is 1. The third kappa shape index (κ3) is 3.08. The van der Waals surface area contributed by atoms with Crippen molar-refractivity contribution in [1.29, 1.82) is 0 Å². The van der Waals surface area contributed by atoms with Gasteiger partial charge in [0.15, 0.2) is 0 Å². The molecule has 1 rings (SSSR count). The highest BCUT2D eigenvalue weighted by atomic mass is 16.5. The van der Waals surface area contributed by atoms with E-state index in [1.807, 2.05) is 27.1 Å². The molecule has 0 aliphatic rings. The van der Waals surface area contributed by atoms with Crippen molar-refractivity contribution in [2.45, 2.75) is 6.92 Å². The average molecular weight is 220 g/mol. The molecule has 0 heterocycles. The molecule has 0 saturated carbocycles. The molecule has 0 fully saturated rings. The standard InChI is InChI=1S/C12H16N2O2/c1-9-7-10(16-4)5-6-11(9)12(15)13-8-14(2)3/h5-8H,1-4H3. The van der Waals surface area contributed by atoms with Crippen LogP contribution in [0.3, 0.4) is 0 Å². The first-order valence-electron chi connectivity index (χ1n) is 4.94. The lowest BCUT2D eigenvalue weighted by atomic mass is 10.1. The lowest BCUT2D eigenvalue weighted by Gasteiger charge is -2.05. The van der Waals surface area contributed by atoms with E-state index in [4.69, 9.17) is 4.74 Å². The zero-order chi connectivity index (χ0) is 12.1. The fraction of sp³-hybridized carbons (Fsp3) is 0.333. The smallest absolute Gasteiger partial charge is 0.278 e. The lowest BCUT2D eigenvalue weighted by Crippen LogP contribution is -2.10. The minimum Gasteiger partial charge on any atom is -0.497 e. The first-order valence-corrected chi connectivity index (χ1v) is 4.94. The molecular weight excluding hydrogens is 204 g/mol. The van der Waals surface area contributed by atoms with Gasteiger partial charge in [0, 0.05) is 19.7 Å². The van der Waals surface area contributed by atoms with Gasteiger partial charge in [-0.1, -0.05) is 0 Å². The zero-order valence-corrected chi connectivity index (χ0v) is 10.0. The number of amides is 1. The molecule has 4 nitrogen and oxygen atoms in total. The highest BCUT2D eigenvalue weighted by Crippen LogP contribution is 2.17. The molecule has 0 aliphatic heterocycles. The molecule has 0 N–H and O–H groups in total. The largest absolute Gasteiger partial charge is 0.497 e. The number of nitrogens with zero attached hydrogens (tertiary/aromatic N) is 2. The predicted octanol–water partition coefficient (Wildman–Crippen LogP) is 1.73. The molecule has 16 heavy (non-hydrogen) atoms. The molecular formula is C12H16N2O2. The molecule has 0 atom stereocenters. The second kappa shape index (κ2) is 5.30. The Hall–Kier alpha value is -1.84. The highest BCUT2D eigenvalue weighted by Gasteiger charge is 2.07. The summed E-state index contributed by atoms with van der Waals surface area (Å²) in [6.45, 7) is 1.86. The van der Waals surface area contributed by atoms with Gasteiger partial charge in [-0.3, -0.25) is 4.79 Å². The van der Waals surface area contributed by atoms with Crippen molar-refractivity contribution in [2.75, 3.05) is 21.2 Å². The van der Waals surface area contributed by atoms with Crippen molar-refractivity contribution in [3.05, 3.63) is 29.3 Å². The van der Waals surface area contributed by atoms with E-state index in [-0.39, 0.29) is 5.91 Å². The number of methoxy groups -OCH3 is 1. The Labute approximate surface area is 95.6 Å². The van der Waals surface area contributed by atoms with E-state index in [9.17, 15) is 4.79 Å². The van der Waals surface area contributed by atoms with Crippen LogP contribution in [0.5, 0.6) is 5.75 Å². The number of benzene rings is 1. The third-order valence-corrected chi connectivity index (χ3v) is 2.07. The molecule has 1 aromatic carbocycles. The Morgan fingerprint density at radius 1 is 1.44 bits per heavy atom. The summed E-state index contributed by atoms with van der Waals surface area (Å²) in [6, 6.07) is 5.30. The maximum atomic E-state index is 11.7. The van der Waals surface area contributed by atoms with Gasteiger partial charge in [0.25, 0.3) is 5.91 Å². The van der Waals surface area contributed by atoms with Gasteiger partial charge in [-0.05, 0) is 30.7 Å². The van der Waals surface area contributed by atoms with Crippen molar-refractivity contribution in [1.82, 2.24) is 4.90 Å². The summed E-state index contributed by atoms with van der Waals surface area (Å²) in [7, 11) is 5.23. The first kappa shape index (κ1) is 12.2. The van der Waals surface area contributed by atoms with Gasteiger partial charge in [-0.2, -0.15) is 4.99 Å². The number of aryl methyl sites for hydroxylation is 1. The van der Waals surface area contributed by atoms with Gasteiger partial charge < -0.3 is 9.64 Å². The van der Waals surface area contributed by atoms with Crippen LogP contribution in [0.1, 0.15) is 15.9 Å². The fourth-order valence-corrected chi connectivity index (χ4v) is 1.24. The average Bonchev–Trinajstić information content (AvgIpc) is 2.25. The lowest BCUT2D eigenvalue weighted by molar-refractivity contribution is 0.100. The predicted molar refractivity (Wildman–Crippen MR) is 64.2 cm³/mol. The summed E-state index contributed by atoms with van der Waals surface area (Å²) in [5.41, 5.74) is 1.46. The molecule has 0 aliphatic carbocycles. The van der Waals surface area contributed by atoms with Gasteiger partial charge in [0.05, 0.1) is 13.4 Å². The number of rotatable bonds is 3. The van der Waals surface area contributed by atoms with E-state index in [1.165, 1.54) is 6.34 Å². The van der Waals surface area contributed by atoms with Crippen LogP contribution in [-0.2, 0) is 0 Å². The second-order valence-corrected chi connectivity index (χ2v) is 3.69. The van der Waals surface area contributed by atoms with E-state index in [0.717, 1.165) is 11.3 Å². The van der Waals surface area contributed by atoms with Crippen LogP contribution in [-0.4, -0.2) is 38.4 Å². The molecule has 0 aromatic heterocycles. The van der Waals surface area contributed by atoms with Crippen molar-refractivity contribution in [3.8, 4) is 5.75 Å². The highest BCUT2D eigenvalue weighted by molar-refractivity contribution is 5.99. The van der Waals surface area contributed by atoms with Crippen LogP contribution in [0.25, 0.3) is 0 Å². The number of ether oxygens (including phenoxy) is 1. The normalized spacial score (nSPS) is 10.5. The summed E-state index contributed by atoms with van der Waals surface area (Å²) >= 11 is 0. The van der Waals surface area contributed by atoms with E-state index >= 15 is 0 Å². The van der Waals surface area contributed by atoms with Crippen molar-refractivity contribution < 1.29 is 9.53 Å². The van der Waals surface area contributed by atoms with E-state index in [2.05, 4.69) is 4.99 Å². The third-order valence-electron chi connectivity index (χ3n) is 2.07. The van der Waals surface area contributed by atoms with E-state index < -0.39 is 0 Å². The Bertz CT molecular complexity index is 411. The monoisotopic (exact) mass is 220 g/mol. The molecule has 0 bridgehead atoms. The van der Waals surface area contributed by atoms with Gasteiger partial charge >= 0.3 is 0 Å². The van der Waals surface area contributed by atoms with Crippen molar-refractivity contribution in [3.63, 3.8) is 0 Å². The van der Waals surface area contributed by atoms with Gasteiger partial charge in [0.2, 0.25) is 0 Å². The first-order chi connectivity index (χ1) is 7.54. The van der Waals surface area contributed by atoms with Gasteiger partial charge in [-0.15, -0.1) is 0 Å². The second-order valence-electron chi connectivity index (χ2n) is 3.69. The number of aliphatic imine (C=N–C) groups is 1. The Kier molecular flexibility index (Phi) is 4.05. The van der Waals surface area contributed by atoms with Gasteiger partial charge in [-0.25, -0.2) is 0 Å². The molecule has 1 aromatic rings. The molecule has 0 unspecified atom stereocenters. The quantitative estimate of drug-likeness (QED) is 0.575. The zero-order valence-electron chi connectivity index (χ0n) is 10.0. The van der Waals surface area contributed by atoms with E-state index in [1.54, 1.807) is 24.1 Å². The van der Waals surface area contributed by atoms with Gasteiger partial charge in [0.1, 0.15) is 5.75 Å². The Balaban J connectivity index is 2.92. The van der Waals surface area contributed by atoms with Crippen LogP contribution in [0.4, 0.5) is 0 Å². The minimum atomic E-state index is -0.242. The number of carbonyl (C=O) groups excluding carboxylic acids is 1. The number of hydrogen-bond acceptors (Lipinski definition) is 2. The van der Waals surface area contributed by atoms with Crippen LogP contribution < -0.4 is 4.74 Å². The van der Waals surface area contributed by atoms with Crippen LogP contribution in [0.15, 0.2) is 23.2 Å². The van der Waals surface area contributed by atoms with Crippen LogP contribution in [0.2, 0.25) is 0 Å². The molecule has 0 saturated heterocycles. The van der Waals surface area contributed by atoms with Crippen LogP contribution >= 0.6 is 0 Å². The summed E-state index contributed by atoms with van der Waals surface area (Å²) in [6.07, 6.45) is 1.49. The topological polar surface area (TPSA) is 41.9 Å². The summed E-state index contributed by atoms with van der Waals surface area (Å²) < 4.78 is 5.07. The SMILES string of the molecule is COc1ccc(C(=O)N=CN(C)C)c(C)c1. The van der Waals surface area contributed by atoms with Crippen molar-refractivity contribution >= 4 is 12.2 Å².